The third-order valence-electron chi connectivity index (χ3n) is 6.20. The monoisotopic (exact) mass is 634 g/mol. The Morgan fingerprint density at radius 3 is 1.14 bits per heavy atom. The Morgan fingerprint density at radius 1 is 0.636 bits per heavy atom. The van der Waals surface area contributed by atoms with E-state index in [0.717, 1.165) is 12.1 Å². The number of nitrogens with zero attached hydrogens (tertiary/aromatic N) is 4. The van der Waals surface area contributed by atoms with Crippen molar-refractivity contribution < 1.29 is 55.4 Å². The zero-order valence-electron chi connectivity index (χ0n) is 22.8. The Balaban J connectivity index is 0.000000240. The van der Waals surface area contributed by atoms with E-state index in [1.54, 1.807) is 0 Å². The van der Waals surface area contributed by atoms with Gasteiger partial charge < -0.3 is 10.6 Å². The SMILES string of the molecule is CC1(C)NC(=O)N(c2ccc([N+](=O)[O-])c(C(F)(F)F)c2)C1=O.CC1(C)NC(=O)N(c2ccc([N+](=O)[O-])c(C(F)(F)F)c2)C1=O. The van der Waals surface area contributed by atoms with Crippen molar-refractivity contribution in [3.8, 4) is 0 Å². The molecule has 2 heterocycles. The number of halogens is 6. The highest BCUT2D eigenvalue weighted by molar-refractivity contribution is 6.23. The predicted molar refractivity (Wildman–Crippen MR) is 136 cm³/mol. The molecule has 44 heavy (non-hydrogen) atoms. The normalized spacial score (nSPS) is 17.6. The number of nitrogens with one attached hydrogen (secondary N) is 2. The van der Waals surface area contributed by atoms with E-state index in [1.807, 2.05) is 0 Å². The molecule has 2 aliphatic rings. The third kappa shape index (κ3) is 6.22. The molecule has 2 fully saturated rings. The van der Waals surface area contributed by atoms with Crippen molar-refractivity contribution in [3.05, 3.63) is 67.8 Å². The summed E-state index contributed by atoms with van der Waals surface area (Å²) in [5, 5.41) is 26.0. The lowest BCUT2D eigenvalue weighted by molar-refractivity contribution is -0.388. The number of nitro groups is 2. The van der Waals surface area contributed by atoms with Crippen molar-refractivity contribution in [2.45, 2.75) is 51.1 Å². The van der Waals surface area contributed by atoms with Crippen LogP contribution < -0.4 is 20.4 Å². The predicted octanol–water partition coefficient (Wildman–Crippen LogP) is 4.90. The molecule has 4 rings (SSSR count). The van der Waals surface area contributed by atoms with E-state index >= 15 is 0 Å². The van der Waals surface area contributed by atoms with Crippen LogP contribution in [0.3, 0.4) is 0 Å². The van der Waals surface area contributed by atoms with Gasteiger partial charge in [-0.05, 0) is 52.0 Å². The Morgan fingerprint density at radius 2 is 0.932 bits per heavy atom. The van der Waals surface area contributed by atoms with Gasteiger partial charge in [0.05, 0.1) is 21.2 Å². The number of benzene rings is 2. The van der Waals surface area contributed by atoms with Gasteiger partial charge >= 0.3 is 24.4 Å². The minimum atomic E-state index is -4.99. The molecule has 0 spiro atoms. The van der Waals surface area contributed by atoms with Crippen LogP contribution in [-0.4, -0.2) is 44.8 Å². The number of carbonyl (C=O) groups is 4. The van der Waals surface area contributed by atoms with E-state index in [4.69, 9.17) is 0 Å². The number of nitro benzene ring substituents is 2. The second kappa shape index (κ2) is 10.8. The van der Waals surface area contributed by atoms with E-state index in [1.165, 1.54) is 27.7 Å². The van der Waals surface area contributed by atoms with Crippen molar-refractivity contribution in [3.63, 3.8) is 0 Å². The number of imide groups is 2. The minimum absolute atomic E-state index is 0.383. The van der Waals surface area contributed by atoms with Crippen LogP contribution in [0.2, 0.25) is 0 Å². The van der Waals surface area contributed by atoms with Gasteiger partial charge in [-0.25, -0.2) is 19.4 Å². The third-order valence-corrected chi connectivity index (χ3v) is 6.20. The Hall–Kier alpha value is -5.30. The van der Waals surface area contributed by atoms with E-state index in [-0.39, 0.29) is 11.4 Å². The molecule has 14 nitrogen and oxygen atoms in total. The lowest BCUT2D eigenvalue weighted by Crippen LogP contribution is -2.40. The topological polar surface area (TPSA) is 185 Å². The van der Waals surface area contributed by atoms with Crippen LogP contribution in [-0.2, 0) is 21.9 Å². The summed E-state index contributed by atoms with van der Waals surface area (Å²) in [6, 6.07) is 2.12. The Kier molecular flexibility index (Phi) is 8.12. The van der Waals surface area contributed by atoms with Crippen molar-refractivity contribution in [1.82, 2.24) is 10.6 Å². The highest BCUT2D eigenvalue weighted by Gasteiger charge is 2.48. The molecule has 236 valence electrons. The van der Waals surface area contributed by atoms with E-state index in [2.05, 4.69) is 10.6 Å². The van der Waals surface area contributed by atoms with E-state index < -0.39 is 79.7 Å². The quantitative estimate of drug-likeness (QED) is 0.206. The van der Waals surface area contributed by atoms with Gasteiger partial charge in [-0.2, -0.15) is 26.3 Å². The molecule has 2 saturated heterocycles. The van der Waals surface area contributed by atoms with Crippen LogP contribution in [0.4, 0.5) is 58.7 Å². The van der Waals surface area contributed by atoms with Crippen molar-refractivity contribution in [1.29, 1.82) is 0 Å². The highest BCUT2D eigenvalue weighted by atomic mass is 19.4. The molecule has 0 saturated carbocycles. The molecule has 20 heteroatoms. The molecule has 2 aromatic carbocycles. The maximum absolute atomic E-state index is 12.9. The number of carbonyl (C=O) groups excluding carboxylic acids is 4. The number of alkyl halides is 6. The number of urea groups is 2. The Labute approximate surface area is 241 Å². The van der Waals surface area contributed by atoms with Gasteiger partial charge in [0.2, 0.25) is 0 Å². The largest absolute Gasteiger partial charge is 0.423 e. The van der Waals surface area contributed by atoms with Crippen LogP contribution in [0, 0.1) is 20.2 Å². The fourth-order valence-electron chi connectivity index (χ4n) is 4.06. The number of anilines is 2. The molecule has 0 aliphatic carbocycles. The molecular weight excluding hydrogens is 614 g/mol. The smallest absolute Gasteiger partial charge is 0.323 e. The summed E-state index contributed by atoms with van der Waals surface area (Å²) >= 11 is 0. The fourth-order valence-corrected chi connectivity index (χ4v) is 4.06. The van der Waals surface area contributed by atoms with Crippen molar-refractivity contribution in [2.24, 2.45) is 0 Å². The van der Waals surface area contributed by atoms with E-state index in [0.29, 0.717) is 34.1 Å². The second-order valence-electron chi connectivity index (χ2n) is 10.3. The summed E-state index contributed by atoms with van der Waals surface area (Å²) in [6.07, 6.45) is -9.99. The zero-order chi connectivity index (χ0) is 33.7. The van der Waals surface area contributed by atoms with Gasteiger partial charge in [0, 0.05) is 12.1 Å². The fraction of sp³-hybridized carbons (Fsp3) is 0.333. The number of hydrogen-bond acceptors (Lipinski definition) is 8. The zero-order valence-corrected chi connectivity index (χ0v) is 22.8. The summed E-state index contributed by atoms with van der Waals surface area (Å²) < 4.78 is 77.5. The molecule has 2 aliphatic heterocycles. The first-order valence-corrected chi connectivity index (χ1v) is 11.9. The summed E-state index contributed by atoms with van der Waals surface area (Å²) in [7, 11) is 0. The molecule has 0 bridgehead atoms. The van der Waals surface area contributed by atoms with E-state index in [9.17, 15) is 65.7 Å². The Bertz CT molecular complexity index is 1490. The second-order valence-corrected chi connectivity index (χ2v) is 10.3. The van der Waals surface area contributed by atoms with Crippen molar-refractivity contribution >= 4 is 46.6 Å². The minimum Gasteiger partial charge on any atom is -0.323 e. The highest BCUT2D eigenvalue weighted by Crippen LogP contribution is 2.40. The summed E-state index contributed by atoms with van der Waals surface area (Å²) in [6.45, 7) is 5.57. The molecule has 0 atom stereocenters. The first-order chi connectivity index (χ1) is 19.9. The molecule has 2 N–H and O–H groups in total. The summed E-state index contributed by atoms with van der Waals surface area (Å²) in [4.78, 5) is 67.7. The summed E-state index contributed by atoms with van der Waals surface area (Å²) in [5.74, 6) is -1.50. The van der Waals surface area contributed by atoms with Gasteiger partial charge in [-0.3, -0.25) is 29.8 Å². The average molecular weight is 634 g/mol. The number of rotatable bonds is 4. The van der Waals surface area contributed by atoms with Gasteiger partial charge in [-0.15, -0.1) is 0 Å². The average Bonchev–Trinajstić information content (AvgIpc) is 3.21. The molecule has 2 aromatic rings. The summed E-state index contributed by atoms with van der Waals surface area (Å²) in [5.41, 5.74) is -8.66. The molecule has 0 aromatic heterocycles. The van der Waals surface area contributed by atoms with Gasteiger partial charge in [-0.1, -0.05) is 0 Å². The number of amides is 6. The first kappa shape index (κ1) is 33.2. The lowest BCUT2D eigenvalue weighted by Gasteiger charge is -2.17. The van der Waals surface area contributed by atoms with Crippen LogP contribution in [0.15, 0.2) is 36.4 Å². The van der Waals surface area contributed by atoms with Gasteiger partial charge in [0.15, 0.2) is 0 Å². The lowest BCUT2D eigenvalue weighted by atomic mass is 10.1. The molecule has 0 radical (unpaired) electrons. The maximum atomic E-state index is 12.9. The maximum Gasteiger partial charge on any atom is 0.423 e. The molecular formula is C24H20F6N6O8. The van der Waals surface area contributed by atoms with Crippen molar-refractivity contribution in [2.75, 3.05) is 9.80 Å². The first-order valence-electron chi connectivity index (χ1n) is 11.9. The van der Waals surface area contributed by atoms with Crippen LogP contribution in [0.1, 0.15) is 38.8 Å². The van der Waals surface area contributed by atoms with Crippen LogP contribution in [0.25, 0.3) is 0 Å². The van der Waals surface area contributed by atoms with Gasteiger partial charge in [0.25, 0.3) is 23.2 Å². The molecule has 6 amide bonds. The van der Waals surface area contributed by atoms with Gasteiger partial charge in [0.1, 0.15) is 22.2 Å². The number of hydrogen-bond donors (Lipinski definition) is 2. The standard InChI is InChI=1S/2C12H10F3N3O4/c2*1-11(2)9(19)17(10(20)16-11)6-3-4-8(18(21)22)7(5-6)12(13,14)15/h2*3-5H,1-2H3,(H,16,20). The molecule has 0 unspecified atom stereocenters. The van der Waals surface area contributed by atoms with Crippen LogP contribution in [0.5, 0.6) is 0 Å². The van der Waals surface area contributed by atoms with Crippen LogP contribution >= 0.6 is 0 Å².